The summed E-state index contributed by atoms with van der Waals surface area (Å²) in [4.78, 5) is 14.5. The molecule has 4 aliphatic carbocycles. The topological polar surface area (TPSA) is 58.4 Å². The van der Waals surface area contributed by atoms with E-state index in [0.717, 1.165) is 43.7 Å². The summed E-state index contributed by atoms with van der Waals surface area (Å²) in [6.07, 6.45) is 10.0. The molecule has 1 aliphatic heterocycles. The van der Waals surface area contributed by atoms with Crippen LogP contribution in [0.4, 0.5) is 4.79 Å². The van der Waals surface area contributed by atoms with Gasteiger partial charge < -0.3 is 16.0 Å². The van der Waals surface area contributed by atoms with Crippen molar-refractivity contribution in [2.45, 2.75) is 62.9 Å². The zero-order valence-electron chi connectivity index (χ0n) is 12.3. The van der Waals surface area contributed by atoms with Gasteiger partial charge in [-0.2, -0.15) is 0 Å². The second-order valence-corrected chi connectivity index (χ2v) is 7.98. The standard InChI is InChI=1S/C16H27N3O/c17-14-2-1-3-19(10-14)15(20)18-16-7-11-4-12(8-16)6-13(5-11)9-16/h11-14H,1-10,17H2,(H,18,20). The Bertz CT molecular complexity index is 373. The Morgan fingerprint density at radius 3 is 2.25 bits per heavy atom. The minimum atomic E-state index is 0.132. The van der Waals surface area contributed by atoms with E-state index in [9.17, 15) is 4.79 Å². The molecule has 5 aliphatic rings. The maximum absolute atomic E-state index is 12.6. The molecule has 1 saturated heterocycles. The predicted molar refractivity (Wildman–Crippen MR) is 78.2 cm³/mol. The van der Waals surface area contributed by atoms with Crippen LogP contribution >= 0.6 is 0 Å². The summed E-state index contributed by atoms with van der Waals surface area (Å²) in [5.41, 5.74) is 6.13. The highest BCUT2D eigenvalue weighted by Gasteiger charge is 2.51. The fourth-order valence-electron chi connectivity index (χ4n) is 5.76. The van der Waals surface area contributed by atoms with Crippen LogP contribution in [0.3, 0.4) is 0 Å². The van der Waals surface area contributed by atoms with Crippen molar-refractivity contribution >= 4 is 6.03 Å². The number of urea groups is 1. The summed E-state index contributed by atoms with van der Waals surface area (Å²) < 4.78 is 0. The number of amides is 2. The number of rotatable bonds is 1. The lowest BCUT2D eigenvalue weighted by molar-refractivity contribution is -0.0160. The van der Waals surface area contributed by atoms with Crippen molar-refractivity contribution in [3.8, 4) is 0 Å². The third-order valence-corrected chi connectivity index (χ3v) is 6.16. The van der Waals surface area contributed by atoms with E-state index in [-0.39, 0.29) is 17.6 Å². The lowest BCUT2D eigenvalue weighted by Crippen LogP contribution is -2.63. The van der Waals surface area contributed by atoms with Gasteiger partial charge in [-0.25, -0.2) is 4.79 Å². The van der Waals surface area contributed by atoms with Gasteiger partial charge >= 0.3 is 6.03 Å². The van der Waals surface area contributed by atoms with Gasteiger partial charge in [-0.1, -0.05) is 0 Å². The quantitative estimate of drug-likeness (QED) is 0.771. The summed E-state index contributed by atoms with van der Waals surface area (Å²) in [7, 11) is 0. The van der Waals surface area contributed by atoms with E-state index in [1.165, 1.54) is 38.5 Å². The SMILES string of the molecule is NC1CCCN(C(=O)NC23CC4CC(CC(C4)C2)C3)C1. The first-order valence-corrected chi connectivity index (χ1v) is 8.44. The average molecular weight is 277 g/mol. The highest BCUT2D eigenvalue weighted by atomic mass is 16.2. The predicted octanol–water partition coefficient (Wildman–Crippen LogP) is 2.09. The second-order valence-electron chi connectivity index (χ2n) is 7.98. The first kappa shape index (κ1) is 12.9. The van der Waals surface area contributed by atoms with Gasteiger partial charge in [0.2, 0.25) is 0 Å². The number of hydrogen-bond donors (Lipinski definition) is 2. The molecule has 3 N–H and O–H groups in total. The molecule has 4 saturated carbocycles. The number of nitrogens with one attached hydrogen (secondary N) is 1. The molecule has 1 heterocycles. The van der Waals surface area contributed by atoms with Gasteiger partial charge in [0.15, 0.2) is 0 Å². The Hall–Kier alpha value is -0.770. The molecule has 4 nitrogen and oxygen atoms in total. The summed E-state index contributed by atoms with van der Waals surface area (Å²) >= 11 is 0. The van der Waals surface area contributed by atoms with E-state index < -0.39 is 0 Å². The third-order valence-electron chi connectivity index (χ3n) is 6.16. The monoisotopic (exact) mass is 277 g/mol. The molecule has 0 aromatic heterocycles. The molecule has 112 valence electrons. The highest BCUT2D eigenvalue weighted by Crippen LogP contribution is 2.55. The van der Waals surface area contributed by atoms with Crippen LogP contribution in [-0.4, -0.2) is 35.6 Å². The summed E-state index contributed by atoms with van der Waals surface area (Å²) in [6, 6.07) is 0.327. The van der Waals surface area contributed by atoms with Crippen molar-refractivity contribution in [2.75, 3.05) is 13.1 Å². The molecular weight excluding hydrogens is 250 g/mol. The summed E-state index contributed by atoms with van der Waals surface area (Å²) in [5, 5.41) is 3.45. The zero-order chi connectivity index (χ0) is 13.7. The fraction of sp³-hybridized carbons (Fsp3) is 0.938. The van der Waals surface area contributed by atoms with E-state index >= 15 is 0 Å². The van der Waals surface area contributed by atoms with E-state index in [0.29, 0.717) is 0 Å². The van der Waals surface area contributed by atoms with Crippen LogP contribution in [0.1, 0.15) is 51.4 Å². The number of nitrogens with zero attached hydrogens (tertiary/aromatic N) is 1. The molecule has 5 fully saturated rings. The van der Waals surface area contributed by atoms with Crippen molar-refractivity contribution in [3.63, 3.8) is 0 Å². The van der Waals surface area contributed by atoms with Crippen molar-refractivity contribution in [2.24, 2.45) is 23.5 Å². The minimum Gasteiger partial charge on any atom is -0.333 e. The Morgan fingerprint density at radius 1 is 1.10 bits per heavy atom. The normalized spacial score (nSPS) is 46.5. The Balaban J connectivity index is 1.44. The van der Waals surface area contributed by atoms with Crippen molar-refractivity contribution in [1.29, 1.82) is 0 Å². The molecule has 4 bridgehead atoms. The van der Waals surface area contributed by atoms with Crippen molar-refractivity contribution in [3.05, 3.63) is 0 Å². The van der Waals surface area contributed by atoms with Crippen molar-refractivity contribution in [1.82, 2.24) is 10.2 Å². The van der Waals surface area contributed by atoms with Crippen LogP contribution < -0.4 is 11.1 Å². The van der Waals surface area contributed by atoms with Crippen molar-refractivity contribution < 1.29 is 4.79 Å². The molecule has 1 unspecified atom stereocenters. The summed E-state index contributed by atoms with van der Waals surface area (Å²) in [6.45, 7) is 1.62. The van der Waals surface area contributed by atoms with Gasteiger partial charge in [-0.3, -0.25) is 0 Å². The average Bonchev–Trinajstić information content (AvgIpc) is 2.36. The molecule has 5 rings (SSSR count). The minimum absolute atomic E-state index is 0.132. The smallest absolute Gasteiger partial charge is 0.317 e. The van der Waals surface area contributed by atoms with Gasteiger partial charge in [-0.05, 0) is 69.1 Å². The second kappa shape index (κ2) is 4.62. The van der Waals surface area contributed by atoms with Gasteiger partial charge in [-0.15, -0.1) is 0 Å². The van der Waals surface area contributed by atoms with Gasteiger partial charge in [0, 0.05) is 24.7 Å². The highest BCUT2D eigenvalue weighted by molar-refractivity contribution is 5.75. The van der Waals surface area contributed by atoms with Gasteiger partial charge in [0.25, 0.3) is 0 Å². The number of likely N-dealkylation sites (tertiary alicyclic amines) is 1. The summed E-state index contributed by atoms with van der Waals surface area (Å²) in [5.74, 6) is 2.64. The molecule has 20 heavy (non-hydrogen) atoms. The molecule has 1 atom stereocenters. The molecule has 0 radical (unpaired) electrons. The van der Waals surface area contributed by atoms with Crippen LogP contribution in [0.5, 0.6) is 0 Å². The van der Waals surface area contributed by atoms with Crippen LogP contribution in [0.2, 0.25) is 0 Å². The number of piperidine rings is 1. The molecule has 4 heteroatoms. The third kappa shape index (κ3) is 2.22. The lowest BCUT2D eigenvalue weighted by Gasteiger charge is -2.57. The van der Waals surface area contributed by atoms with E-state index in [1.807, 2.05) is 4.90 Å². The maximum atomic E-state index is 12.6. The Kier molecular flexibility index (Phi) is 2.99. The number of carbonyl (C=O) groups excluding carboxylic acids is 1. The molecular formula is C16H27N3O. The largest absolute Gasteiger partial charge is 0.333 e. The fourth-order valence-corrected chi connectivity index (χ4v) is 5.76. The number of hydrogen-bond acceptors (Lipinski definition) is 2. The van der Waals surface area contributed by atoms with Crippen LogP contribution in [0.25, 0.3) is 0 Å². The Labute approximate surface area is 121 Å². The molecule has 2 amide bonds. The Morgan fingerprint density at radius 2 is 1.70 bits per heavy atom. The number of carbonyl (C=O) groups is 1. The van der Waals surface area contributed by atoms with E-state index in [1.54, 1.807) is 0 Å². The van der Waals surface area contributed by atoms with Crippen LogP contribution in [0.15, 0.2) is 0 Å². The van der Waals surface area contributed by atoms with Crippen LogP contribution in [-0.2, 0) is 0 Å². The molecule has 0 aromatic rings. The van der Waals surface area contributed by atoms with E-state index in [2.05, 4.69) is 5.32 Å². The first-order valence-electron chi connectivity index (χ1n) is 8.44. The molecule has 0 aromatic carbocycles. The zero-order valence-corrected chi connectivity index (χ0v) is 12.3. The first-order chi connectivity index (χ1) is 9.62. The lowest BCUT2D eigenvalue weighted by atomic mass is 9.53. The van der Waals surface area contributed by atoms with Gasteiger partial charge in [0.05, 0.1) is 0 Å². The maximum Gasteiger partial charge on any atom is 0.317 e. The number of nitrogens with two attached hydrogens (primary N) is 1. The molecule has 0 spiro atoms. The van der Waals surface area contributed by atoms with Gasteiger partial charge in [0.1, 0.15) is 0 Å². The van der Waals surface area contributed by atoms with Crippen LogP contribution in [0, 0.1) is 17.8 Å². The van der Waals surface area contributed by atoms with E-state index in [4.69, 9.17) is 5.73 Å².